The summed E-state index contributed by atoms with van der Waals surface area (Å²) in [5, 5.41) is 31.5. The minimum atomic E-state index is -1.04. The quantitative estimate of drug-likeness (QED) is 0.0568. The van der Waals surface area contributed by atoms with Gasteiger partial charge in [-0.3, -0.25) is 24.0 Å². The summed E-state index contributed by atoms with van der Waals surface area (Å²) in [6.07, 6.45) is 17.3. The van der Waals surface area contributed by atoms with Gasteiger partial charge in [-0.05, 0) is 25.7 Å². The molecule has 0 spiro atoms. The molecular formula is C29H52N2O8S. The Hall–Kier alpha value is -2.14. The molecule has 40 heavy (non-hydrogen) atoms. The van der Waals surface area contributed by atoms with Gasteiger partial charge in [0.05, 0.1) is 12.5 Å². The number of thiol groups is 1. The van der Waals surface area contributed by atoms with Crippen LogP contribution in [0.3, 0.4) is 0 Å². The number of hydrogen-bond donors (Lipinski definition) is 6. The summed E-state index contributed by atoms with van der Waals surface area (Å²) >= 11 is 3.58. The molecule has 5 N–H and O–H groups in total. The molecule has 11 heteroatoms. The van der Waals surface area contributed by atoms with E-state index in [1.807, 2.05) is 0 Å². The zero-order chi connectivity index (χ0) is 30.0. The van der Waals surface area contributed by atoms with Gasteiger partial charge in [-0.15, -0.1) is 12.6 Å². The van der Waals surface area contributed by atoms with E-state index in [0.29, 0.717) is 12.8 Å². The van der Waals surface area contributed by atoms with E-state index in [-0.39, 0.29) is 38.1 Å². The topological polar surface area (TPSA) is 170 Å². The van der Waals surface area contributed by atoms with Gasteiger partial charge in [0.1, 0.15) is 6.04 Å². The molecule has 0 heterocycles. The molecule has 0 bridgehead atoms. The van der Waals surface area contributed by atoms with Gasteiger partial charge in [0.25, 0.3) is 0 Å². The van der Waals surface area contributed by atoms with Gasteiger partial charge in [-0.1, -0.05) is 83.5 Å². The van der Waals surface area contributed by atoms with Crippen LogP contribution in [0.5, 0.6) is 0 Å². The Balaban J connectivity index is 3.70. The molecule has 0 aliphatic carbocycles. The molecule has 0 fully saturated rings. The first kappa shape index (κ1) is 37.9. The van der Waals surface area contributed by atoms with E-state index in [2.05, 4.69) is 23.3 Å². The van der Waals surface area contributed by atoms with Crippen LogP contribution in [0.4, 0.5) is 0 Å². The molecule has 232 valence electrons. The van der Waals surface area contributed by atoms with Crippen LogP contribution < -0.4 is 10.6 Å². The SMILES string of the molecule is O=C(O)CCCCCCCCCCCCCCCCC(CCC(=O)NCCCC(=O)NC(CO)C(=O)S)C(=O)O. The van der Waals surface area contributed by atoms with Crippen molar-refractivity contribution in [3.8, 4) is 0 Å². The number of aliphatic hydroxyl groups is 1. The first-order valence-electron chi connectivity index (χ1n) is 15.0. The third-order valence-electron chi connectivity index (χ3n) is 6.98. The largest absolute Gasteiger partial charge is 0.481 e. The molecule has 0 rings (SSSR count). The van der Waals surface area contributed by atoms with Crippen LogP contribution in [-0.2, 0) is 24.0 Å². The fourth-order valence-electron chi connectivity index (χ4n) is 4.50. The molecule has 0 radical (unpaired) electrons. The highest BCUT2D eigenvalue weighted by atomic mass is 32.1. The molecule has 2 amide bonds. The number of carbonyl (C=O) groups is 5. The lowest BCUT2D eigenvalue weighted by Crippen LogP contribution is -2.41. The Kier molecular flexibility index (Phi) is 24.4. The van der Waals surface area contributed by atoms with Crippen molar-refractivity contribution < 1.29 is 39.3 Å². The smallest absolute Gasteiger partial charge is 0.306 e. The number of rotatable bonds is 28. The van der Waals surface area contributed by atoms with Crippen molar-refractivity contribution in [2.75, 3.05) is 13.2 Å². The average molecular weight is 589 g/mol. The third kappa shape index (κ3) is 23.7. The van der Waals surface area contributed by atoms with E-state index in [0.717, 1.165) is 44.9 Å². The van der Waals surface area contributed by atoms with Crippen LogP contribution in [0.1, 0.15) is 128 Å². The van der Waals surface area contributed by atoms with Crippen molar-refractivity contribution in [1.29, 1.82) is 0 Å². The van der Waals surface area contributed by atoms with Crippen molar-refractivity contribution in [2.45, 2.75) is 134 Å². The lowest BCUT2D eigenvalue weighted by atomic mass is 9.95. The number of nitrogens with one attached hydrogen (secondary N) is 2. The lowest BCUT2D eigenvalue weighted by Gasteiger charge is -2.13. The first-order valence-corrected chi connectivity index (χ1v) is 15.5. The van der Waals surface area contributed by atoms with Gasteiger partial charge >= 0.3 is 11.9 Å². The van der Waals surface area contributed by atoms with Crippen LogP contribution in [0.15, 0.2) is 0 Å². The normalized spacial score (nSPS) is 12.4. The molecule has 0 aromatic carbocycles. The molecule has 0 aromatic rings. The minimum absolute atomic E-state index is 0.0778. The van der Waals surface area contributed by atoms with Gasteiger partial charge in [-0.2, -0.15) is 0 Å². The van der Waals surface area contributed by atoms with Crippen molar-refractivity contribution in [1.82, 2.24) is 10.6 Å². The maximum absolute atomic E-state index is 12.1. The summed E-state index contributed by atoms with van der Waals surface area (Å²) in [4.78, 5) is 56.9. The van der Waals surface area contributed by atoms with Crippen LogP contribution in [-0.4, -0.2) is 63.4 Å². The zero-order valence-corrected chi connectivity index (χ0v) is 24.9. The third-order valence-corrected chi connectivity index (χ3v) is 7.29. The fourth-order valence-corrected chi connectivity index (χ4v) is 4.65. The number of carbonyl (C=O) groups excluding carboxylic acids is 3. The van der Waals surface area contributed by atoms with Crippen molar-refractivity contribution in [3.05, 3.63) is 0 Å². The number of aliphatic carboxylic acids is 2. The number of carboxylic acids is 2. The molecule has 2 unspecified atom stereocenters. The van der Waals surface area contributed by atoms with Gasteiger partial charge in [0, 0.05) is 25.8 Å². The van der Waals surface area contributed by atoms with E-state index in [1.165, 1.54) is 44.9 Å². The molecule has 0 saturated heterocycles. The number of unbranched alkanes of at least 4 members (excludes halogenated alkanes) is 13. The van der Waals surface area contributed by atoms with Gasteiger partial charge in [0.2, 0.25) is 16.9 Å². The maximum atomic E-state index is 12.1. The Labute approximate surface area is 244 Å². The second-order valence-electron chi connectivity index (χ2n) is 10.6. The molecular weight excluding hydrogens is 536 g/mol. The van der Waals surface area contributed by atoms with Gasteiger partial charge in [0.15, 0.2) is 0 Å². The Morgan fingerprint density at radius 1 is 0.600 bits per heavy atom. The summed E-state index contributed by atoms with van der Waals surface area (Å²) < 4.78 is 0. The highest BCUT2D eigenvalue weighted by molar-refractivity contribution is 7.96. The van der Waals surface area contributed by atoms with Crippen molar-refractivity contribution in [2.24, 2.45) is 5.92 Å². The Morgan fingerprint density at radius 3 is 1.55 bits per heavy atom. The summed E-state index contributed by atoms with van der Waals surface area (Å²) in [7, 11) is 0. The molecule has 2 atom stereocenters. The number of aliphatic hydroxyl groups excluding tert-OH is 1. The second kappa shape index (κ2) is 25.8. The monoisotopic (exact) mass is 588 g/mol. The minimum Gasteiger partial charge on any atom is -0.481 e. The summed E-state index contributed by atoms with van der Waals surface area (Å²) in [5.74, 6) is -2.79. The highest BCUT2D eigenvalue weighted by Gasteiger charge is 2.19. The molecule has 0 saturated carbocycles. The number of amides is 2. The van der Waals surface area contributed by atoms with E-state index < -0.39 is 41.5 Å². The van der Waals surface area contributed by atoms with Crippen LogP contribution in [0.2, 0.25) is 0 Å². The summed E-state index contributed by atoms with van der Waals surface area (Å²) in [6, 6.07) is -1.04. The number of hydrogen-bond acceptors (Lipinski definition) is 6. The first-order chi connectivity index (χ1) is 19.2. The fraction of sp³-hybridized carbons (Fsp3) is 0.828. The number of carboxylic acid groups (broad SMARTS) is 2. The summed E-state index contributed by atoms with van der Waals surface area (Å²) in [5.41, 5.74) is 0. The van der Waals surface area contributed by atoms with Crippen molar-refractivity contribution >= 4 is 41.5 Å². The zero-order valence-electron chi connectivity index (χ0n) is 24.0. The Bertz CT molecular complexity index is 735. The highest BCUT2D eigenvalue weighted by Crippen LogP contribution is 2.18. The Morgan fingerprint density at radius 2 is 1.10 bits per heavy atom. The maximum Gasteiger partial charge on any atom is 0.306 e. The van der Waals surface area contributed by atoms with Crippen LogP contribution in [0, 0.1) is 5.92 Å². The predicted molar refractivity (Wildman–Crippen MR) is 157 cm³/mol. The van der Waals surface area contributed by atoms with Crippen molar-refractivity contribution in [3.63, 3.8) is 0 Å². The lowest BCUT2D eigenvalue weighted by molar-refractivity contribution is -0.142. The molecule has 0 aliphatic rings. The van der Waals surface area contributed by atoms with E-state index in [9.17, 15) is 29.1 Å². The molecule has 10 nitrogen and oxygen atoms in total. The van der Waals surface area contributed by atoms with E-state index in [4.69, 9.17) is 10.2 Å². The summed E-state index contributed by atoms with van der Waals surface area (Å²) in [6.45, 7) is -0.267. The van der Waals surface area contributed by atoms with Gasteiger partial charge < -0.3 is 26.0 Å². The average Bonchev–Trinajstić information content (AvgIpc) is 2.90. The van der Waals surface area contributed by atoms with E-state index in [1.54, 1.807) is 0 Å². The molecule has 0 aliphatic heterocycles. The van der Waals surface area contributed by atoms with Gasteiger partial charge in [-0.25, -0.2) is 0 Å². The second-order valence-corrected chi connectivity index (χ2v) is 11.0. The standard InChI is InChI=1S/C29H52N2O8S/c32-22-24(29(39)40)31-26(34)17-15-21-30-25(33)20-19-23(28(37)38)16-13-11-9-7-5-3-1-2-4-6-8-10-12-14-18-27(35)36/h23-24,32H,1-22H2,(H,30,33)(H,31,34)(H,35,36)(H,37,38)(H,39,40). The van der Waals surface area contributed by atoms with E-state index >= 15 is 0 Å². The van der Waals surface area contributed by atoms with Crippen LogP contribution >= 0.6 is 12.6 Å². The molecule has 0 aromatic heterocycles. The van der Waals surface area contributed by atoms with Crippen LogP contribution in [0.25, 0.3) is 0 Å². The predicted octanol–water partition coefficient (Wildman–Crippen LogP) is 4.62.